The molecule has 0 saturated carbocycles. The third kappa shape index (κ3) is 5.28. The molecule has 0 spiro atoms. The second-order valence-corrected chi connectivity index (χ2v) is 9.01. The summed E-state index contributed by atoms with van der Waals surface area (Å²) >= 11 is 0. The number of nitrogens with one attached hydrogen (secondary N) is 1. The Morgan fingerprint density at radius 2 is 1.65 bits per heavy atom. The Hall–Kier alpha value is -2.38. The molecule has 1 unspecified atom stereocenters. The molecule has 1 atom stereocenters. The molecule has 5 nitrogen and oxygen atoms in total. The molecular weight excluding hydrogens is 396 g/mol. The minimum atomic E-state index is -0.457. The van der Waals surface area contributed by atoms with Gasteiger partial charge in [-0.25, -0.2) is 4.39 Å². The highest BCUT2D eigenvalue weighted by molar-refractivity contribution is 6.45. The molecule has 1 aliphatic heterocycles. The number of anilines is 1. The van der Waals surface area contributed by atoms with Crippen molar-refractivity contribution in [3.8, 4) is 5.75 Å². The van der Waals surface area contributed by atoms with Crippen LogP contribution in [0.25, 0.3) is 0 Å². The van der Waals surface area contributed by atoms with Crippen molar-refractivity contribution in [2.45, 2.75) is 64.5 Å². The van der Waals surface area contributed by atoms with E-state index in [9.17, 15) is 9.18 Å². The van der Waals surface area contributed by atoms with E-state index in [4.69, 9.17) is 14.0 Å². The molecule has 1 aliphatic rings. The van der Waals surface area contributed by atoms with E-state index in [1.165, 1.54) is 13.0 Å². The highest BCUT2D eigenvalue weighted by Gasteiger charge is 2.50. The Bertz CT molecular complexity index is 914. The van der Waals surface area contributed by atoms with E-state index in [0.717, 1.165) is 16.9 Å². The quantitative estimate of drug-likeness (QED) is 0.601. The third-order valence-corrected chi connectivity index (χ3v) is 6.22. The van der Waals surface area contributed by atoms with Crippen LogP contribution in [0.1, 0.15) is 58.1 Å². The Balaban J connectivity index is 1.85. The van der Waals surface area contributed by atoms with Crippen molar-refractivity contribution in [1.82, 2.24) is 0 Å². The average molecular weight is 427 g/mol. The first-order chi connectivity index (χ1) is 14.5. The fraction of sp³-hybridized carbons (Fsp3) is 0.458. The summed E-state index contributed by atoms with van der Waals surface area (Å²) in [5.74, 6) is -0.0626. The van der Waals surface area contributed by atoms with Crippen LogP contribution in [-0.4, -0.2) is 31.3 Å². The van der Waals surface area contributed by atoms with Crippen LogP contribution < -0.4 is 10.1 Å². The van der Waals surface area contributed by atoms with E-state index in [-0.39, 0.29) is 35.8 Å². The fourth-order valence-corrected chi connectivity index (χ4v) is 3.79. The topological polar surface area (TPSA) is 56.8 Å². The van der Waals surface area contributed by atoms with Gasteiger partial charge in [0.25, 0.3) is 0 Å². The number of hydrogen-bond donors (Lipinski definition) is 1. The van der Waals surface area contributed by atoms with E-state index in [0.29, 0.717) is 12.7 Å². The van der Waals surface area contributed by atoms with Crippen molar-refractivity contribution < 1.29 is 23.2 Å². The smallest absolute Gasteiger partial charge is 0.457 e. The van der Waals surface area contributed by atoms with Crippen LogP contribution in [0, 0.1) is 5.82 Å². The minimum Gasteiger partial charge on any atom is -0.497 e. The van der Waals surface area contributed by atoms with Gasteiger partial charge in [-0.05, 0) is 75.8 Å². The van der Waals surface area contributed by atoms with Crippen molar-refractivity contribution in [1.29, 1.82) is 0 Å². The monoisotopic (exact) mass is 427 g/mol. The van der Waals surface area contributed by atoms with Crippen molar-refractivity contribution in [3.05, 3.63) is 59.4 Å². The second-order valence-electron chi connectivity index (χ2n) is 9.01. The Labute approximate surface area is 184 Å². The Morgan fingerprint density at radius 3 is 2.16 bits per heavy atom. The molecule has 1 N–H and O–H groups in total. The molecule has 1 fully saturated rings. The first-order valence-corrected chi connectivity index (χ1v) is 10.6. The van der Waals surface area contributed by atoms with Crippen LogP contribution >= 0.6 is 0 Å². The van der Waals surface area contributed by atoms with Gasteiger partial charge in [0.1, 0.15) is 11.6 Å². The van der Waals surface area contributed by atoms with Crippen molar-refractivity contribution in [2.24, 2.45) is 0 Å². The van der Waals surface area contributed by atoms with Gasteiger partial charge >= 0.3 is 7.12 Å². The van der Waals surface area contributed by atoms with E-state index < -0.39 is 5.82 Å². The third-order valence-electron chi connectivity index (χ3n) is 6.22. The van der Waals surface area contributed by atoms with Crippen LogP contribution in [0.5, 0.6) is 5.75 Å². The minimum absolute atomic E-state index is 0.0641. The van der Waals surface area contributed by atoms with Crippen molar-refractivity contribution in [2.75, 3.05) is 12.4 Å². The molecule has 166 valence electrons. The molecule has 1 amide bonds. The number of ether oxygens (including phenoxy) is 1. The fourth-order valence-electron chi connectivity index (χ4n) is 3.79. The average Bonchev–Trinajstić information content (AvgIpc) is 2.90. The number of benzene rings is 2. The summed E-state index contributed by atoms with van der Waals surface area (Å²) in [4.78, 5) is 11.3. The summed E-state index contributed by atoms with van der Waals surface area (Å²) in [5.41, 5.74) is 1.27. The van der Waals surface area contributed by atoms with E-state index in [1.54, 1.807) is 13.2 Å². The molecule has 7 heteroatoms. The molecule has 1 heterocycles. The predicted molar refractivity (Wildman–Crippen MR) is 121 cm³/mol. The first-order valence-electron chi connectivity index (χ1n) is 10.6. The van der Waals surface area contributed by atoms with Crippen LogP contribution in [0.15, 0.2) is 42.5 Å². The number of carbonyl (C=O) groups excluding carboxylic acids is 1. The van der Waals surface area contributed by atoms with Crippen LogP contribution in [0.4, 0.5) is 10.1 Å². The number of methoxy groups -OCH3 is 1. The molecule has 2 aromatic rings. The van der Waals surface area contributed by atoms with Crippen molar-refractivity contribution in [3.63, 3.8) is 0 Å². The van der Waals surface area contributed by atoms with Gasteiger partial charge in [-0.3, -0.25) is 4.79 Å². The van der Waals surface area contributed by atoms with Gasteiger partial charge in [0.2, 0.25) is 5.91 Å². The molecule has 0 bridgehead atoms. The van der Waals surface area contributed by atoms with Gasteiger partial charge in [-0.15, -0.1) is 0 Å². The highest BCUT2D eigenvalue weighted by atomic mass is 19.1. The summed E-state index contributed by atoms with van der Waals surface area (Å²) < 4.78 is 32.2. The SMILES string of the molecule is COc1ccc(C(CCB2OC(C)(C)C(C)(C)O2)c2ccc(NC(C)=O)c(F)c2)cc1. The Morgan fingerprint density at radius 1 is 1.06 bits per heavy atom. The van der Waals surface area contributed by atoms with Crippen LogP contribution in [0.3, 0.4) is 0 Å². The molecule has 1 saturated heterocycles. The second kappa shape index (κ2) is 9.01. The maximum atomic E-state index is 14.7. The normalized spacial score (nSPS) is 18.0. The number of halogens is 1. The van der Waals surface area contributed by atoms with Gasteiger partial charge in [-0.1, -0.05) is 18.2 Å². The Kier molecular flexibility index (Phi) is 6.77. The largest absolute Gasteiger partial charge is 0.497 e. The van der Waals surface area contributed by atoms with E-state index >= 15 is 0 Å². The lowest BCUT2D eigenvalue weighted by atomic mass is 9.76. The molecule has 2 aromatic carbocycles. The van der Waals surface area contributed by atoms with Gasteiger partial charge < -0.3 is 19.4 Å². The highest BCUT2D eigenvalue weighted by Crippen LogP contribution is 2.40. The molecule has 31 heavy (non-hydrogen) atoms. The lowest BCUT2D eigenvalue weighted by molar-refractivity contribution is -0.114. The van der Waals surface area contributed by atoms with Crippen LogP contribution in [-0.2, 0) is 14.1 Å². The first kappa shape index (κ1) is 23.3. The number of carbonyl (C=O) groups is 1. The molecule has 3 rings (SSSR count). The van der Waals surface area contributed by atoms with Gasteiger partial charge in [0.05, 0.1) is 24.0 Å². The van der Waals surface area contributed by atoms with Crippen molar-refractivity contribution >= 4 is 18.7 Å². The van der Waals surface area contributed by atoms with Gasteiger partial charge in [0, 0.05) is 12.8 Å². The summed E-state index contributed by atoms with van der Waals surface area (Å²) in [6, 6.07) is 12.7. The zero-order valence-electron chi connectivity index (χ0n) is 19.1. The zero-order chi connectivity index (χ0) is 22.8. The molecule has 0 aromatic heterocycles. The lowest BCUT2D eigenvalue weighted by Gasteiger charge is -2.32. The zero-order valence-corrected chi connectivity index (χ0v) is 19.1. The standard InChI is InChI=1S/C24H31BFNO4/c1-16(28)27-22-12-9-18(15-21(22)26)20(17-7-10-19(29-6)11-8-17)13-14-25-30-23(2,3)24(4,5)31-25/h7-12,15,20H,13-14H2,1-6H3,(H,27,28). The lowest BCUT2D eigenvalue weighted by Crippen LogP contribution is -2.41. The molecule has 0 aliphatic carbocycles. The van der Waals surface area contributed by atoms with E-state index in [1.807, 2.05) is 58.0 Å². The molecular formula is C24H31BFNO4. The van der Waals surface area contributed by atoms with Crippen LogP contribution in [0.2, 0.25) is 6.32 Å². The number of amides is 1. The van der Waals surface area contributed by atoms with E-state index in [2.05, 4.69) is 5.32 Å². The summed E-state index contributed by atoms with van der Waals surface area (Å²) in [7, 11) is 1.30. The molecule has 0 radical (unpaired) electrons. The van der Waals surface area contributed by atoms with Gasteiger partial charge in [-0.2, -0.15) is 0 Å². The maximum absolute atomic E-state index is 14.7. The maximum Gasteiger partial charge on any atom is 0.457 e. The predicted octanol–water partition coefficient (Wildman–Crippen LogP) is 5.41. The summed E-state index contributed by atoms with van der Waals surface area (Å²) in [6.07, 6.45) is 1.38. The number of hydrogen-bond acceptors (Lipinski definition) is 4. The summed E-state index contributed by atoms with van der Waals surface area (Å²) in [5, 5.41) is 2.52. The number of rotatable bonds is 7. The van der Waals surface area contributed by atoms with Gasteiger partial charge in [0.15, 0.2) is 0 Å². The summed E-state index contributed by atoms with van der Waals surface area (Å²) in [6.45, 7) is 9.49.